The maximum atomic E-state index is 11.7. The monoisotopic (exact) mass is 443 g/mol. The Morgan fingerprint density at radius 2 is 1.58 bits per heavy atom. The molecule has 0 amide bonds. The van der Waals surface area contributed by atoms with Crippen molar-refractivity contribution in [1.82, 2.24) is 4.57 Å². The fourth-order valence-corrected chi connectivity index (χ4v) is 4.05. The van der Waals surface area contributed by atoms with E-state index in [-0.39, 0.29) is 18.8 Å². The zero-order chi connectivity index (χ0) is 23.4. The fraction of sp³-hybridized carbons (Fsp3) is 0.192. The highest BCUT2D eigenvalue weighted by Gasteiger charge is 2.15. The van der Waals surface area contributed by atoms with E-state index in [1.54, 1.807) is 13.8 Å². The van der Waals surface area contributed by atoms with Crippen LogP contribution in [0.15, 0.2) is 77.0 Å². The van der Waals surface area contributed by atoms with Gasteiger partial charge in [0.05, 0.1) is 35.5 Å². The molecule has 33 heavy (non-hydrogen) atoms. The molecule has 3 aromatic carbocycles. The number of para-hydroxylation sites is 1. The van der Waals surface area contributed by atoms with E-state index in [9.17, 15) is 10.0 Å². The maximum absolute atomic E-state index is 11.7. The number of benzene rings is 3. The third kappa shape index (κ3) is 4.30. The van der Waals surface area contributed by atoms with Crippen molar-refractivity contribution < 1.29 is 19.9 Å². The smallest absolute Gasteiger partial charge is 0.306 e. The molecule has 1 aromatic heterocycles. The zero-order valence-electron chi connectivity index (χ0n) is 18.5. The largest absolute Gasteiger partial charge is 0.466 e. The van der Waals surface area contributed by atoms with Gasteiger partial charge in [0.25, 0.3) is 0 Å². The topological polar surface area (TPSA) is 96.4 Å². The third-order valence-corrected chi connectivity index (χ3v) is 5.69. The van der Waals surface area contributed by atoms with Crippen molar-refractivity contribution >= 4 is 39.2 Å². The van der Waals surface area contributed by atoms with Crippen LogP contribution in [0, 0.1) is 0 Å². The normalized spacial score (nSPS) is 12.4. The molecule has 0 radical (unpaired) electrons. The average molecular weight is 444 g/mol. The summed E-state index contributed by atoms with van der Waals surface area (Å²) in [6, 6.07) is 21.8. The number of ether oxygens (including phenoxy) is 1. The first-order valence-electron chi connectivity index (χ1n) is 10.8. The molecule has 0 unspecified atom stereocenters. The highest BCUT2D eigenvalue weighted by atomic mass is 16.5. The molecule has 2 N–H and O–H groups in total. The number of nitrogens with zero attached hydrogens (tertiary/aromatic N) is 3. The molecule has 1 heterocycles. The number of carbonyl (C=O) groups excluding carboxylic acids is 1. The van der Waals surface area contributed by atoms with Gasteiger partial charge in [0.1, 0.15) is 0 Å². The Hall–Kier alpha value is -4.13. The Bertz CT molecular complexity index is 1370. The van der Waals surface area contributed by atoms with E-state index in [0.717, 1.165) is 38.6 Å². The van der Waals surface area contributed by atoms with Gasteiger partial charge in [0, 0.05) is 28.4 Å². The van der Waals surface area contributed by atoms with E-state index in [2.05, 4.69) is 27.0 Å². The SMILES string of the molecule is CCOC(=O)CCC(=NO)c1ccc2c(c1)c1ccccc1n2-c1ccc(C(C)=NO)cc1. The van der Waals surface area contributed by atoms with Gasteiger partial charge in [-0.1, -0.05) is 46.7 Å². The molecule has 0 saturated heterocycles. The van der Waals surface area contributed by atoms with Gasteiger partial charge in [-0.25, -0.2) is 0 Å². The average Bonchev–Trinajstić information content (AvgIpc) is 3.18. The number of rotatable bonds is 7. The first-order chi connectivity index (χ1) is 16.1. The number of oxime groups is 2. The van der Waals surface area contributed by atoms with Crippen LogP contribution < -0.4 is 0 Å². The summed E-state index contributed by atoms with van der Waals surface area (Å²) in [5.74, 6) is -0.318. The molecule has 0 aliphatic carbocycles. The standard InChI is InChI=1S/C26H25N3O4/c1-3-33-26(30)15-13-23(28-32)19-10-14-25-22(16-19)21-6-4-5-7-24(21)29(25)20-11-8-18(9-12-20)17(2)27-31/h4-12,14,16,31-32H,3,13,15H2,1-2H3. The first-order valence-corrected chi connectivity index (χ1v) is 10.8. The minimum atomic E-state index is -0.318. The summed E-state index contributed by atoms with van der Waals surface area (Å²) in [5, 5.41) is 27.4. The van der Waals surface area contributed by atoms with Crippen molar-refractivity contribution in [3.8, 4) is 5.69 Å². The van der Waals surface area contributed by atoms with E-state index >= 15 is 0 Å². The second-order valence-electron chi connectivity index (χ2n) is 7.67. The van der Waals surface area contributed by atoms with Gasteiger partial charge in [-0.3, -0.25) is 4.79 Å². The van der Waals surface area contributed by atoms with Crippen molar-refractivity contribution in [2.75, 3.05) is 6.61 Å². The number of carbonyl (C=O) groups is 1. The molecule has 0 aliphatic heterocycles. The molecule has 0 spiro atoms. The van der Waals surface area contributed by atoms with Gasteiger partial charge < -0.3 is 19.7 Å². The minimum absolute atomic E-state index is 0.149. The van der Waals surface area contributed by atoms with Crippen LogP contribution >= 0.6 is 0 Å². The van der Waals surface area contributed by atoms with Gasteiger partial charge in [0.2, 0.25) is 0 Å². The van der Waals surface area contributed by atoms with E-state index < -0.39 is 0 Å². The minimum Gasteiger partial charge on any atom is -0.466 e. The summed E-state index contributed by atoms with van der Waals surface area (Å²) in [4.78, 5) is 11.7. The Labute approximate surface area is 191 Å². The molecule has 0 fully saturated rings. The summed E-state index contributed by atoms with van der Waals surface area (Å²) >= 11 is 0. The molecule has 7 nitrogen and oxygen atoms in total. The second-order valence-corrected chi connectivity index (χ2v) is 7.67. The van der Waals surface area contributed by atoms with Crippen molar-refractivity contribution in [3.63, 3.8) is 0 Å². The van der Waals surface area contributed by atoms with Gasteiger partial charge in [-0.05, 0) is 49.7 Å². The number of aromatic nitrogens is 1. The van der Waals surface area contributed by atoms with Crippen LogP contribution in [0.25, 0.3) is 27.5 Å². The Balaban J connectivity index is 1.79. The molecule has 0 bridgehead atoms. The zero-order valence-corrected chi connectivity index (χ0v) is 18.5. The summed E-state index contributed by atoms with van der Waals surface area (Å²) in [5.41, 5.74) is 5.60. The molecule has 7 heteroatoms. The van der Waals surface area contributed by atoms with Crippen LogP contribution in [0.1, 0.15) is 37.8 Å². The lowest BCUT2D eigenvalue weighted by atomic mass is 10.0. The lowest BCUT2D eigenvalue weighted by molar-refractivity contribution is -0.142. The molecule has 0 atom stereocenters. The maximum Gasteiger partial charge on any atom is 0.306 e. The first kappa shape index (κ1) is 22.1. The number of fused-ring (bicyclic) bond motifs is 3. The van der Waals surface area contributed by atoms with Crippen molar-refractivity contribution in [3.05, 3.63) is 77.9 Å². The van der Waals surface area contributed by atoms with Gasteiger partial charge >= 0.3 is 5.97 Å². The van der Waals surface area contributed by atoms with Crippen LogP contribution in [-0.2, 0) is 9.53 Å². The fourth-order valence-electron chi connectivity index (χ4n) is 4.05. The van der Waals surface area contributed by atoms with Crippen molar-refractivity contribution in [1.29, 1.82) is 0 Å². The number of hydrogen-bond donors (Lipinski definition) is 2. The Kier molecular flexibility index (Phi) is 6.40. The van der Waals surface area contributed by atoms with Crippen LogP contribution in [-0.4, -0.2) is 39.0 Å². The quantitative estimate of drug-likeness (QED) is 0.170. The van der Waals surface area contributed by atoms with Gasteiger partial charge in [0.15, 0.2) is 0 Å². The van der Waals surface area contributed by atoms with Crippen molar-refractivity contribution in [2.45, 2.75) is 26.7 Å². The van der Waals surface area contributed by atoms with Gasteiger partial charge in [-0.2, -0.15) is 0 Å². The number of esters is 1. The lowest BCUT2D eigenvalue weighted by Gasteiger charge is -2.10. The van der Waals surface area contributed by atoms with Crippen LogP contribution in [0.2, 0.25) is 0 Å². The van der Waals surface area contributed by atoms with Crippen molar-refractivity contribution in [2.24, 2.45) is 10.3 Å². The van der Waals surface area contributed by atoms with E-state index in [4.69, 9.17) is 9.94 Å². The summed E-state index contributed by atoms with van der Waals surface area (Å²) < 4.78 is 7.15. The third-order valence-electron chi connectivity index (χ3n) is 5.69. The summed E-state index contributed by atoms with van der Waals surface area (Å²) in [6.45, 7) is 3.83. The van der Waals surface area contributed by atoms with E-state index in [1.165, 1.54) is 0 Å². The highest BCUT2D eigenvalue weighted by Crippen LogP contribution is 2.33. The summed E-state index contributed by atoms with van der Waals surface area (Å²) in [7, 11) is 0. The molecule has 0 aliphatic rings. The Morgan fingerprint density at radius 1 is 0.879 bits per heavy atom. The number of hydrogen-bond acceptors (Lipinski definition) is 6. The Morgan fingerprint density at radius 3 is 2.27 bits per heavy atom. The highest BCUT2D eigenvalue weighted by molar-refractivity contribution is 6.12. The van der Waals surface area contributed by atoms with Crippen LogP contribution in [0.3, 0.4) is 0 Å². The van der Waals surface area contributed by atoms with E-state index in [1.807, 2.05) is 54.6 Å². The predicted octanol–water partition coefficient (Wildman–Crippen LogP) is 5.50. The molecular formula is C26H25N3O4. The molecule has 168 valence electrons. The molecule has 4 rings (SSSR count). The van der Waals surface area contributed by atoms with Crippen LogP contribution in [0.4, 0.5) is 0 Å². The second kappa shape index (κ2) is 9.56. The van der Waals surface area contributed by atoms with Gasteiger partial charge in [-0.15, -0.1) is 0 Å². The molecular weight excluding hydrogens is 418 g/mol. The van der Waals surface area contributed by atoms with E-state index in [0.29, 0.717) is 18.0 Å². The predicted molar refractivity (Wildman–Crippen MR) is 129 cm³/mol. The lowest BCUT2D eigenvalue weighted by Crippen LogP contribution is -2.09. The molecule has 0 saturated carbocycles. The molecule has 4 aromatic rings. The van der Waals surface area contributed by atoms with Crippen LogP contribution in [0.5, 0.6) is 0 Å². The summed E-state index contributed by atoms with van der Waals surface area (Å²) in [6.07, 6.45) is 0.433.